The highest BCUT2D eigenvalue weighted by atomic mass is 19.1. The highest BCUT2D eigenvalue weighted by Gasteiger charge is 2.46. The zero-order valence-corrected chi connectivity index (χ0v) is 32.2. The molecule has 2 aliphatic rings. The van der Waals surface area contributed by atoms with Gasteiger partial charge in [-0.1, -0.05) is 58.6 Å². The summed E-state index contributed by atoms with van der Waals surface area (Å²) in [4.78, 5) is 93.6. The number of benzene rings is 1. The number of Topliss-reactive ketones (excluding diaryl/α,β-unsaturated/α-hetero) is 1. The quantitative estimate of drug-likeness (QED) is 0.147. The second kappa shape index (κ2) is 20.2. The molecule has 1 saturated heterocycles. The van der Waals surface area contributed by atoms with Crippen LogP contribution >= 0.6 is 0 Å². The zero-order chi connectivity index (χ0) is 40.2. The maximum absolute atomic E-state index is 14.4. The SMILES string of the molecule is CCCC(NC(=O)[C@@H]1C[C@@H](OC(C)(C)C)CN1C(=O)[C@@H](NC(=O)OCC(C)C)C1CCCCC1)C(=O)C(=O)NCC(=O)NC(C(N)=O)c1cccc(F)c1. The predicted octanol–water partition coefficient (Wildman–Crippen LogP) is 2.55. The van der Waals surface area contributed by atoms with Gasteiger partial charge in [0.1, 0.15) is 23.9 Å². The van der Waals surface area contributed by atoms with Crippen molar-refractivity contribution < 1.29 is 47.4 Å². The molecule has 2 fully saturated rings. The summed E-state index contributed by atoms with van der Waals surface area (Å²) in [6, 6.07) is 0.187. The second-order valence-corrected chi connectivity index (χ2v) is 15.5. The highest BCUT2D eigenvalue weighted by Crippen LogP contribution is 2.31. The number of nitrogens with zero attached hydrogens (tertiary/aromatic N) is 1. The summed E-state index contributed by atoms with van der Waals surface area (Å²) in [6.45, 7) is 10.6. The molecule has 0 spiro atoms. The topological polar surface area (TPSA) is 215 Å². The summed E-state index contributed by atoms with van der Waals surface area (Å²) in [5.74, 6) is -5.92. The van der Waals surface area contributed by atoms with Crippen molar-refractivity contribution >= 4 is 41.4 Å². The normalized spacial score (nSPS) is 19.3. The summed E-state index contributed by atoms with van der Waals surface area (Å²) in [7, 11) is 0. The molecule has 6 N–H and O–H groups in total. The van der Waals surface area contributed by atoms with Gasteiger partial charge in [0.05, 0.1) is 30.9 Å². The number of hydrogen-bond acceptors (Lipinski definition) is 9. The molecule has 16 heteroatoms. The van der Waals surface area contributed by atoms with Crippen LogP contribution in [0.25, 0.3) is 0 Å². The van der Waals surface area contributed by atoms with E-state index in [0.717, 1.165) is 31.4 Å². The van der Waals surface area contributed by atoms with Crippen LogP contribution in [-0.4, -0.2) is 95.8 Å². The number of amides is 6. The minimum Gasteiger partial charge on any atom is -0.449 e. The molecule has 0 bridgehead atoms. The van der Waals surface area contributed by atoms with Crippen molar-refractivity contribution in [3.8, 4) is 0 Å². The summed E-state index contributed by atoms with van der Waals surface area (Å²) < 4.78 is 25.3. The van der Waals surface area contributed by atoms with Crippen LogP contribution in [0, 0.1) is 17.7 Å². The van der Waals surface area contributed by atoms with Gasteiger partial charge in [0, 0.05) is 13.0 Å². The summed E-state index contributed by atoms with van der Waals surface area (Å²) in [5.41, 5.74) is 4.88. The van der Waals surface area contributed by atoms with E-state index in [2.05, 4.69) is 21.3 Å². The average molecular weight is 761 g/mol. The molecule has 1 aromatic rings. The van der Waals surface area contributed by atoms with Crippen LogP contribution in [-0.2, 0) is 38.2 Å². The average Bonchev–Trinajstić information content (AvgIpc) is 3.52. The van der Waals surface area contributed by atoms with Crippen molar-refractivity contribution in [1.82, 2.24) is 26.2 Å². The number of carbonyl (C=O) groups excluding carboxylic acids is 7. The van der Waals surface area contributed by atoms with Crippen LogP contribution in [0.1, 0.15) is 105 Å². The lowest BCUT2D eigenvalue weighted by atomic mass is 9.83. The number of hydrogen-bond donors (Lipinski definition) is 5. The molecule has 1 saturated carbocycles. The van der Waals surface area contributed by atoms with E-state index in [9.17, 15) is 38.0 Å². The van der Waals surface area contributed by atoms with E-state index < -0.39 is 89.6 Å². The maximum Gasteiger partial charge on any atom is 0.407 e. The van der Waals surface area contributed by atoms with E-state index in [-0.39, 0.29) is 43.4 Å². The lowest BCUT2D eigenvalue weighted by molar-refractivity contribution is -0.143. The standard InChI is InChI=1S/C38H57FN6O9/c1-7-12-27(32(47)35(50)41-19-29(46)43-30(33(40)48)24-15-11-16-25(39)17-24)42-34(49)28-18-26(54-38(4,5)6)20-45(28)36(51)31(23-13-9-8-10-14-23)44-37(52)53-21-22(2)3/h11,15-17,22-23,26-28,30-31H,7-10,12-14,18-21H2,1-6H3,(H2,40,48)(H,41,50)(H,42,49)(H,43,46)(H,44,52)/t26-,27?,28+,30?,31+/m1/s1. The van der Waals surface area contributed by atoms with Crippen molar-refractivity contribution in [2.24, 2.45) is 17.6 Å². The summed E-state index contributed by atoms with van der Waals surface area (Å²) in [6.07, 6.45) is 3.53. The van der Waals surface area contributed by atoms with Gasteiger partial charge in [-0.3, -0.25) is 28.8 Å². The molecule has 1 aliphatic heterocycles. The Morgan fingerprint density at radius 3 is 2.28 bits per heavy atom. The molecule has 15 nitrogen and oxygen atoms in total. The minimum absolute atomic E-state index is 0.0596. The number of likely N-dealkylation sites (tertiary alicyclic amines) is 1. The zero-order valence-electron chi connectivity index (χ0n) is 32.2. The third kappa shape index (κ3) is 13.4. The second-order valence-electron chi connectivity index (χ2n) is 15.5. The van der Waals surface area contributed by atoms with E-state index in [0.29, 0.717) is 19.3 Å². The number of alkyl carbamates (subject to hydrolysis) is 1. The number of halogens is 1. The summed E-state index contributed by atoms with van der Waals surface area (Å²) >= 11 is 0. The van der Waals surface area contributed by atoms with Gasteiger partial charge in [0.2, 0.25) is 29.4 Å². The molecular formula is C38H57FN6O9. The van der Waals surface area contributed by atoms with E-state index >= 15 is 0 Å². The Bertz CT molecular complexity index is 1510. The van der Waals surface area contributed by atoms with Gasteiger partial charge in [-0.25, -0.2) is 9.18 Å². The lowest BCUT2D eigenvalue weighted by Crippen LogP contribution is -2.58. The molecule has 5 atom stereocenters. The van der Waals surface area contributed by atoms with Crippen LogP contribution in [0.5, 0.6) is 0 Å². The third-order valence-corrected chi connectivity index (χ3v) is 9.19. The van der Waals surface area contributed by atoms with Crippen molar-refractivity contribution in [3.05, 3.63) is 35.6 Å². The van der Waals surface area contributed by atoms with Crippen LogP contribution in [0.3, 0.4) is 0 Å². The smallest absolute Gasteiger partial charge is 0.407 e. The first kappa shape index (κ1) is 43.8. The van der Waals surface area contributed by atoms with Gasteiger partial charge in [0.15, 0.2) is 0 Å². The van der Waals surface area contributed by atoms with Gasteiger partial charge < -0.3 is 41.4 Å². The van der Waals surface area contributed by atoms with Crippen LogP contribution in [0.15, 0.2) is 24.3 Å². The Balaban J connectivity index is 1.76. The molecule has 0 radical (unpaired) electrons. The molecule has 1 aromatic carbocycles. The first-order valence-corrected chi connectivity index (χ1v) is 18.8. The molecule has 1 heterocycles. The maximum atomic E-state index is 14.4. The molecular weight excluding hydrogens is 703 g/mol. The number of carbonyl (C=O) groups is 7. The minimum atomic E-state index is -1.39. The number of nitrogens with one attached hydrogen (secondary N) is 4. The van der Waals surface area contributed by atoms with E-state index in [1.165, 1.54) is 17.0 Å². The van der Waals surface area contributed by atoms with Gasteiger partial charge >= 0.3 is 6.09 Å². The van der Waals surface area contributed by atoms with Gasteiger partial charge in [0.25, 0.3) is 5.91 Å². The predicted molar refractivity (Wildman–Crippen MR) is 196 cm³/mol. The van der Waals surface area contributed by atoms with Crippen molar-refractivity contribution in [1.29, 1.82) is 0 Å². The Morgan fingerprint density at radius 1 is 1.00 bits per heavy atom. The van der Waals surface area contributed by atoms with Gasteiger partial charge in [-0.05, 0) is 69.6 Å². The molecule has 6 amide bonds. The monoisotopic (exact) mass is 760 g/mol. The first-order valence-electron chi connectivity index (χ1n) is 18.8. The van der Waals surface area contributed by atoms with Crippen LogP contribution < -0.4 is 27.0 Å². The molecule has 0 aromatic heterocycles. The number of ether oxygens (including phenoxy) is 2. The van der Waals surface area contributed by atoms with Gasteiger partial charge in [-0.2, -0.15) is 0 Å². The fraction of sp³-hybridized carbons (Fsp3) is 0.658. The van der Waals surface area contributed by atoms with Crippen molar-refractivity contribution in [2.45, 2.75) is 129 Å². The number of rotatable bonds is 17. The Morgan fingerprint density at radius 2 is 1.69 bits per heavy atom. The van der Waals surface area contributed by atoms with E-state index in [4.69, 9.17) is 15.2 Å². The fourth-order valence-corrected chi connectivity index (χ4v) is 6.76. The Labute approximate surface area is 316 Å². The van der Waals surface area contributed by atoms with Crippen molar-refractivity contribution in [3.63, 3.8) is 0 Å². The molecule has 1 aliphatic carbocycles. The number of nitrogens with two attached hydrogens (primary N) is 1. The van der Waals surface area contributed by atoms with Crippen LogP contribution in [0.2, 0.25) is 0 Å². The molecule has 54 heavy (non-hydrogen) atoms. The fourth-order valence-electron chi connectivity index (χ4n) is 6.76. The molecule has 3 rings (SSSR count). The molecule has 300 valence electrons. The summed E-state index contributed by atoms with van der Waals surface area (Å²) in [5, 5.41) is 9.95. The highest BCUT2D eigenvalue weighted by molar-refractivity contribution is 6.38. The Kier molecular flexibility index (Phi) is 16.4. The van der Waals surface area contributed by atoms with Crippen LogP contribution in [0.4, 0.5) is 9.18 Å². The van der Waals surface area contributed by atoms with E-state index in [1.54, 1.807) is 6.92 Å². The first-order chi connectivity index (χ1) is 25.4. The van der Waals surface area contributed by atoms with Crippen molar-refractivity contribution in [2.75, 3.05) is 19.7 Å². The molecule has 2 unspecified atom stereocenters. The largest absolute Gasteiger partial charge is 0.449 e. The van der Waals surface area contributed by atoms with E-state index in [1.807, 2.05) is 34.6 Å². The third-order valence-electron chi connectivity index (χ3n) is 9.19. The van der Waals surface area contributed by atoms with Gasteiger partial charge in [-0.15, -0.1) is 0 Å². The number of primary amides is 1. The Hall–Kier alpha value is -4.60. The lowest BCUT2D eigenvalue weighted by Gasteiger charge is -2.34. The number of ketones is 1.